The molecule has 5 nitrogen and oxygen atoms in total. The number of guanidine groups is 1. The lowest BCUT2D eigenvalue weighted by molar-refractivity contribution is 0.465. The lowest BCUT2D eigenvalue weighted by Gasteiger charge is -2.20. The summed E-state index contributed by atoms with van der Waals surface area (Å²) >= 11 is 1.73. The second-order valence-electron chi connectivity index (χ2n) is 6.53. The number of hydrogen-bond donors (Lipinski definition) is 3. The number of aryl methyl sites for hydroxylation is 2. The second kappa shape index (κ2) is 10.8. The molecule has 0 fully saturated rings. The largest absolute Gasteiger partial charge is 0.508 e. The molecule has 1 heterocycles. The van der Waals surface area contributed by atoms with Crippen molar-refractivity contribution in [3.05, 3.63) is 44.9 Å². The number of aromatic hydroxyl groups is 1. The number of nitrogens with zero attached hydrogens (tertiary/aromatic N) is 2. The van der Waals surface area contributed by atoms with Gasteiger partial charge in [-0.1, -0.05) is 13.0 Å². The van der Waals surface area contributed by atoms with Gasteiger partial charge < -0.3 is 15.7 Å². The van der Waals surface area contributed by atoms with Crippen LogP contribution in [-0.2, 0) is 32.4 Å². The van der Waals surface area contributed by atoms with Gasteiger partial charge in [0.15, 0.2) is 5.96 Å². The van der Waals surface area contributed by atoms with Crippen LogP contribution in [0.5, 0.6) is 5.75 Å². The molecule has 0 unspecified atom stereocenters. The minimum atomic E-state index is 0. The maximum atomic E-state index is 10.3. The normalized spacial score (nSPS) is 13.6. The summed E-state index contributed by atoms with van der Waals surface area (Å²) in [5, 5.41) is 18.0. The highest BCUT2D eigenvalue weighted by Crippen LogP contribution is 2.31. The number of hydrogen-bond acceptors (Lipinski definition) is 4. The molecule has 7 heteroatoms. The molecule has 3 rings (SSSR count). The van der Waals surface area contributed by atoms with Crippen molar-refractivity contribution in [3.63, 3.8) is 0 Å². The zero-order valence-corrected chi connectivity index (χ0v) is 19.2. The molecular weight excluding hydrogens is 471 g/mol. The van der Waals surface area contributed by atoms with E-state index in [1.165, 1.54) is 28.8 Å². The molecule has 3 N–H and O–H groups in total. The average Bonchev–Trinajstić information content (AvgIpc) is 3.13. The maximum Gasteiger partial charge on any atom is 0.191 e. The van der Waals surface area contributed by atoms with E-state index in [0.717, 1.165) is 42.3 Å². The number of rotatable bonds is 6. The van der Waals surface area contributed by atoms with E-state index in [-0.39, 0.29) is 24.0 Å². The van der Waals surface area contributed by atoms with Gasteiger partial charge in [-0.15, -0.1) is 35.3 Å². The Balaban J connectivity index is 0.00000261. The highest BCUT2D eigenvalue weighted by molar-refractivity contribution is 14.0. The summed E-state index contributed by atoms with van der Waals surface area (Å²) in [6.07, 6.45) is 7.53. The monoisotopic (exact) mass is 500 g/mol. The lowest BCUT2D eigenvalue weighted by atomic mass is 9.88. The quantitative estimate of drug-likeness (QED) is 0.317. The summed E-state index contributed by atoms with van der Waals surface area (Å²) < 4.78 is 0. The van der Waals surface area contributed by atoms with Gasteiger partial charge in [0.2, 0.25) is 0 Å². The van der Waals surface area contributed by atoms with E-state index >= 15 is 0 Å². The molecule has 0 amide bonds. The fourth-order valence-electron chi connectivity index (χ4n) is 3.32. The van der Waals surface area contributed by atoms with Gasteiger partial charge in [0, 0.05) is 23.2 Å². The molecule has 0 saturated heterocycles. The molecule has 2 aromatic rings. The third-order valence-corrected chi connectivity index (χ3v) is 5.86. The van der Waals surface area contributed by atoms with E-state index in [2.05, 4.69) is 35.5 Å². The van der Waals surface area contributed by atoms with Crippen molar-refractivity contribution in [1.29, 1.82) is 0 Å². The van der Waals surface area contributed by atoms with E-state index in [9.17, 15) is 5.11 Å². The predicted molar refractivity (Wildman–Crippen MR) is 123 cm³/mol. The number of fused-ring (bicyclic) bond motifs is 1. The van der Waals surface area contributed by atoms with Gasteiger partial charge >= 0.3 is 0 Å². The molecule has 1 aliphatic carbocycles. The van der Waals surface area contributed by atoms with Gasteiger partial charge in [0.1, 0.15) is 10.8 Å². The summed E-state index contributed by atoms with van der Waals surface area (Å²) in [5.74, 6) is 1.12. The van der Waals surface area contributed by atoms with Crippen molar-refractivity contribution in [2.75, 3.05) is 6.54 Å². The van der Waals surface area contributed by atoms with Crippen LogP contribution in [0.1, 0.15) is 53.3 Å². The Labute approximate surface area is 182 Å². The first-order valence-electron chi connectivity index (χ1n) is 9.49. The van der Waals surface area contributed by atoms with E-state index in [1.54, 1.807) is 11.3 Å². The van der Waals surface area contributed by atoms with Crippen LogP contribution in [0.2, 0.25) is 0 Å². The predicted octanol–water partition coefficient (Wildman–Crippen LogP) is 4.16. The van der Waals surface area contributed by atoms with E-state index in [0.29, 0.717) is 18.8 Å². The Hall–Kier alpha value is -1.35. The van der Waals surface area contributed by atoms with Crippen molar-refractivity contribution in [3.8, 4) is 5.75 Å². The highest BCUT2D eigenvalue weighted by Gasteiger charge is 2.16. The van der Waals surface area contributed by atoms with Gasteiger partial charge in [-0.3, -0.25) is 0 Å². The molecule has 0 atom stereocenters. The van der Waals surface area contributed by atoms with Crippen molar-refractivity contribution in [1.82, 2.24) is 15.6 Å². The van der Waals surface area contributed by atoms with Crippen molar-refractivity contribution in [2.45, 2.75) is 59.0 Å². The van der Waals surface area contributed by atoms with E-state index in [1.807, 2.05) is 12.3 Å². The van der Waals surface area contributed by atoms with E-state index in [4.69, 9.17) is 4.99 Å². The van der Waals surface area contributed by atoms with Gasteiger partial charge in [0.25, 0.3) is 0 Å². The molecule has 1 aliphatic rings. The maximum absolute atomic E-state index is 10.3. The minimum absolute atomic E-state index is 0. The van der Waals surface area contributed by atoms with Crippen molar-refractivity contribution in [2.24, 2.45) is 4.99 Å². The van der Waals surface area contributed by atoms with Gasteiger partial charge in [-0.2, -0.15) is 0 Å². The van der Waals surface area contributed by atoms with Gasteiger partial charge in [-0.25, -0.2) is 9.98 Å². The topological polar surface area (TPSA) is 69.5 Å². The SMILES string of the molecule is CCNC(=NCc1c(O)ccc2c1CCCC2)NCc1ncc(CC)s1.I. The summed E-state index contributed by atoms with van der Waals surface area (Å²) in [6.45, 7) is 6.14. The number of nitrogens with one attached hydrogen (secondary N) is 2. The Morgan fingerprint density at radius 1 is 1.22 bits per heavy atom. The first-order chi connectivity index (χ1) is 12.7. The third-order valence-electron chi connectivity index (χ3n) is 4.72. The van der Waals surface area contributed by atoms with Crippen LogP contribution in [0.15, 0.2) is 23.3 Å². The Kier molecular flexibility index (Phi) is 8.82. The molecule has 0 spiro atoms. The molecular formula is C20H29IN4OS. The second-order valence-corrected chi connectivity index (χ2v) is 7.73. The summed E-state index contributed by atoms with van der Waals surface area (Å²) in [7, 11) is 0. The molecule has 0 bridgehead atoms. The number of thiazole rings is 1. The number of benzene rings is 1. The zero-order valence-electron chi connectivity index (χ0n) is 16.0. The molecule has 1 aromatic carbocycles. The number of aliphatic imine (C=N–C) groups is 1. The summed E-state index contributed by atoms with van der Waals surface area (Å²) in [4.78, 5) is 10.4. The number of phenols is 1. The zero-order chi connectivity index (χ0) is 18.4. The standard InChI is InChI=1S/C20H28N4OS.HI/c1-3-15-11-22-19(26-15)13-24-20(21-4-2)23-12-17-16-8-6-5-7-14(16)9-10-18(17)25;/h9-11,25H,3-8,12-13H2,1-2H3,(H2,21,23,24);1H. The number of phenolic OH excluding ortho intramolecular Hbond substituents is 1. The average molecular weight is 500 g/mol. The Morgan fingerprint density at radius 3 is 2.78 bits per heavy atom. The Morgan fingerprint density at radius 2 is 2.04 bits per heavy atom. The van der Waals surface area contributed by atoms with Crippen LogP contribution in [0.4, 0.5) is 0 Å². The van der Waals surface area contributed by atoms with Crippen LogP contribution in [0, 0.1) is 0 Å². The van der Waals surface area contributed by atoms with E-state index < -0.39 is 0 Å². The van der Waals surface area contributed by atoms with Crippen LogP contribution < -0.4 is 10.6 Å². The van der Waals surface area contributed by atoms with Crippen molar-refractivity contribution < 1.29 is 5.11 Å². The molecule has 0 aliphatic heterocycles. The molecule has 27 heavy (non-hydrogen) atoms. The number of aromatic nitrogens is 1. The van der Waals surface area contributed by atoms with Crippen LogP contribution in [0.25, 0.3) is 0 Å². The Bertz CT molecular complexity index is 775. The molecule has 0 saturated carbocycles. The van der Waals surface area contributed by atoms with Gasteiger partial charge in [-0.05, 0) is 56.2 Å². The summed E-state index contributed by atoms with van der Waals surface area (Å²) in [6, 6.07) is 3.88. The fraction of sp³-hybridized carbons (Fsp3) is 0.500. The van der Waals surface area contributed by atoms with Crippen molar-refractivity contribution >= 4 is 41.3 Å². The fourth-order valence-corrected chi connectivity index (χ4v) is 4.12. The molecule has 0 radical (unpaired) electrons. The first kappa shape index (κ1) is 21.9. The molecule has 1 aromatic heterocycles. The third kappa shape index (κ3) is 5.81. The van der Waals surface area contributed by atoms with Crippen LogP contribution in [-0.4, -0.2) is 22.6 Å². The minimum Gasteiger partial charge on any atom is -0.508 e. The number of halogens is 1. The van der Waals surface area contributed by atoms with Crippen LogP contribution in [0.3, 0.4) is 0 Å². The highest BCUT2D eigenvalue weighted by atomic mass is 127. The van der Waals surface area contributed by atoms with Gasteiger partial charge in [0.05, 0.1) is 13.1 Å². The molecule has 148 valence electrons. The smallest absolute Gasteiger partial charge is 0.191 e. The van der Waals surface area contributed by atoms with Crippen LogP contribution >= 0.6 is 35.3 Å². The lowest BCUT2D eigenvalue weighted by Crippen LogP contribution is -2.36. The first-order valence-corrected chi connectivity index (χ1v) is 10.3. The summed E-state index contributed by atoms with van der Waals surface area (Å²) in [5.41, 5.74) is 3.64.